The molecule has 0 aliphatic heterocycles. The van der Waals surface area contributed by atoms with Crippen molar-refractivity contribution in [3.63, 3.8) is 0 Å². The highest BCUT2D eigenvalue weighted by atomic mass is 16.3. The number of nitrogen functional groups attached to an aromatic ring is 1. The number of anilines is 1. The number of hydrogen-bond acceptors (Lipinski definition) is 6. The van der Waals surface area contributed by atoms with E-state index in [0.717, 1.165) is 16.9 Å². The molecule has 30 heavy (non-hydrogen) atoms. The van der Waals surface area contributed by atoms with Gasteiger partial charge in [0.15, 0.2) is 11.8 Å². The number of aromatic hydroxyl groups is 2. The minimum absolute atomic E-state index is 0.0829. The first-order valence-electron chi connectivity index (χ1n) is 9.58. The van der Waals surface area contributed by atoms with Gasteiger partial charge in [0.05, 0.1) is 12.0 Å². The molecule has 8 nitrogen and oxygen atoms in total. The molecule has 0 saturated heterocycles. The molecule has 0 unspecified atom stereocenters. The molecule has 0 spiro atoms. The third-order valence-electron chi connectivity index (χ3n) is 4.98. The number of aryl methyl sites for hydroxylation is 2. The summed E-state index contributed by atoms with van der Waals surface area (Å²) >= 11 is 0. The maximum absolute atomic E-state index is 12.5. The Morgan fingerprint density at radius 2 is 1.70 bits per heavy atom. The van der Waals surface area contributed by atoms with Gasteiger partial charge in [0, 0.05) is 36.9 Å². The zero-order valence-corrected chi connectivity index (χ0v) is 16.2. The number of nitrogens with zero attached hydrogens (tertiary/aromatic N) is 3. The minimum Gasteiger partial charge on any atom is -0.494 e. The van der Waals surface area contributed by atoms with Crippen molar-refractivity contribution in [3.05, 3.63) is 82.5 Å². The van der Waals surface area contributed by atoms with Crippen LogP contribution in [0.25, 0.3) is 11.3 Å². The predicted molar refractivity (Wildman–Crippen MR) is 112 cm³/mol. The summed E-state index contributed by atoms with van der Waals surface area (Å²) in [6.45, 7) is 0.369. The highest BCUT2D eigenvalue weighted by Gasteiger charge is 2.10. The van der Waals surface area contributed by atoms with Gasteiger partial charge < -0.3 is 20.4 Å². The van der Waals surface area contributed by atoms with E-state index in [1.54, 1.807) is 6.26 Å². The zero-order chi connectivity index (χ0) is 21.1. The molecule has 0 radical (unpaired) electrons. The summed E-state index contributed by atoms with van der Waals surface area (Å²) in [6, 6.07) is 16.0. The van der Waals surface area contributed by atoms with Crippen molar-refractivity contribution in [2.45, 2.75) is 25.9 Å². The van der Waals surface area contributed by atoms with Crippen LogP contribution in [0.4, 0.5) is 5.95 Å². The molecule has 0 atom stereocenters. The third kappa shape index (κ3) is 4.07. The molecule has 0 bridgehead atoms. The lowest BCUT2D eigenvalue weighted by Crippen LogP contribution is -2.26. The van der Waals surface area contributed by atoms with E-state index in [0.29, 0.717) is 18.5 Å². The monoisotopic (exact) mass is 406 g/mol. The van der Waals surface area contributed by atoms with E-state index in [-0.39, 0.29) is 36.4 Å². The van der Waals surface area contributed by atoms with Crippen molar-refractivity contribution in [1.82, 2.24) is 14.1 Å². The normalized spacial score (nSPS) is 11.1. The van der Waals surface area contributed by atoms with Gasteiger partial charge in [0.25, 0.3) is 5.56 Å². The van der Waals surface area contributed by atoms with Crippen molar-refractivity contribution in [3.8, 4) is 23.1 Å². The molecule has 0 fully saturated rings. The van der Waals surface area contributed by atoms with E-state index in [1.807, 2.05) is 30.3 Å². The van der Waals surface area contributed by atoms with Gasteiger partial charge in [-0.1, -0.05) is 18.2 Å². The van der Waals surface area contributed by atoms with E-state index in [1.165, 1.54) is 27.3 Å². The van der Waals surface area contributed by atoms with E-state index >= 15 is 0 Å². The topological polar surface area (TPSA) is 119 Å². The minimum atomic E-state index is -0.270. The molecular weight excluding hydrogens is 384 g/mol. The molecule has 0 saturated carbocycles. The Labute approximate surface area is 172 Å². The zero-order valence-electron chi connectivity index (χ0n) is 16.2. The Balaban J connectivity index is 1.45. The SMILES string of the molecule is Nc1nc(CCc2cccc(-c3ccco3)c2)cc(=O)n1CCn1c(O)ccc1O. The lowest BCUT2D eigenvalue weighted by atomic mass is 10.0. The second-order valence-corrected chi connectivity index (χ2v) is 6.97. The Hall–Kier alpha value is -3.94. The largest absolute Gasteiger partial charge is 0.494 e. The van der Waals surface area contributed by atoms with Gasteiger partial charge in [0.1, 0.15) is 5.76 Å². The lowest BCUT2D eigenvalue weighted by molar-refractivity contribution is 0.358. The molecule has 0 aliphatic rings. The third-order valence-corrected chi connectivity index (χ3v) is 4.98. The number of nitrogens with two attached hydrogens (primary N) is 1. The van der Waals surface area contributed by atoms with Crippen molar-refractivity contribution in [2.75, 3.05) is 5.73 Å². The molecule has 1 aromatic carbocycles. The van der Waals surface area contributed by atoms with Gasteiger partial charge in [-0.3, -0.25) is 13.9 Å². The van der Waals surface area contributed by atoms with Crippen LogP contribution in [-0.4, -0.2) is 24.3 Å². The van der Waals surface area contributed by atoms with Gasteiger partial charge in [-0.15, -0.1) is 0 Å². The van der Waals surface area contributed by atoms with Crippen molar-refractivity contribution < 1.29 is 14.6 Å². The van der Waals surface area contributed by atoms with Crippen molar-refractivity contribution in [1.29, 1.82) is 0 Å². The molecule has 3 heterocycles. The van der Waals surface area contributed by atoms with E-state index in [9.17, 15) is 15.0 Å². The molecule has 0 aliphatic carbocycles. The fourth-order valence-corrected chi connectivity index (χ4v) is 3.40. The summed E-state index contributed by atoms with van der Waals surface area (Å²) in [5, 5.41) is 19.4. The second kappa shape index (κ2) is 8.20. The van der Waals surface area contributed by atoms with Crippen LogP contribution in [-0.2, 0) is 25.9 Å². The molecule has 0 amide bonds. The van der Waals surface area contributed by atoms with E-state index in [4.69, 9.17) is 10.2 Å². The first-order valence-corrected chi connectivity index (χ1v) is 9.58. The summed E-state index contributed by atoms with van der Waals surface area (Å²) in [7, 11) is 0. The Kier molecular flexibility index (Phi) is 5.30. The number of benzene rings is 1. The quantitative estimate of drug-likeness (QED) is 0.434. The Morgan fingerprint density at radius 3 is 2.40 bits per heavy atom. The molecule has 8 heteroatoms. The van der Waals surface area contributed by atoms with Crippen LogP contribution in [0.5, 0.6) is 11.8 Å². The first-order chi connectivity index (χ1) is 14.5. The predicted octanol–water partition coefficient (Wildman–Crippen LogP) is 2.78. The summed E-state index contributed by atoms with van der Waals surface area (Å²) < 4.78 is 8.04. The van der Waals surface area contributed by atoms with Crippen molar-refractivity contribution >= 4 is 5.95 Å². The van der Waals surface area contributed by atoms with Gasteiger partial charge in [-0.05, 0) is 36.6 Å². The highest BCUT2D eigenvalue weighted by molar-refractivity contribution is 5.58. The Bertz CT molecular complexity index is 1190. The van der Waals surface area contributed by atoms with E-state index in [2.05, 4.69) is 11.1 Å². The molecule has 4 aromatic rings. The van der Waals surface area contributed by atoms with Crippen LogP contribution < -0.4 is 11.3 Å². The Morgan fingerprint density at radius 1 is 0.933 bits per heavy atom. The molecule has 4 N–H and O–H groups in total. The summed E-state index contributed by atoms with van der Waals surface area (Å²) in [4.78, 5) is 16.9. The summed E-state index contributed by atoms with van der Waals surface area (Å²) in [6.07, 6.45) is 2.92. The van der Waals surface area contributed by atoms with Gasteiger partial charge in [0.2, 0.25) is 5.95 Å². The number of hydrogen-bond donors (Lipinski definition) is 3. The molecule has 4 rings (SSSR count). The number of furan rings is 1. The van der Waals surface area contributed by atoms with Crippen LogP contribution >= 0.6 is 0 Å². The average molecular weight is 406 g/mol. The van der Waals surface area contributed by atoms with Crippen LogP contribution in [0.15, 0.2) is 70.1 Å². The van der Waals surface area contributed by atoms with Gasteiger partial charge >= 0.3 is 0 Å². The maximum atomic E-state index is 12.5. The van der Waals surface area contributed by atoms with Crippen LogP contribution in [0.3, 0.4) is 0 Å². The maximum Gasteiger partial charge on any atom is 0.255 e. The number of aromatic nitrogens is 3. The number of rotatable bonds is 7. The van der Waals surface area contributed by atoms with E-state index < -0.39 is 0 Å². The van der Waals surface area contributed by atoms with Crippen LogP contribution in [0.2, 0.25) is 0 Å². The first kappa shape index (κ1) is 19.4. The molecular formula is C22H22N4O4. The second-order valence-electron chi connectivity index (χ2n) is 6.97. The van der Waals surface area contributed by atoms with Crippen LogP contribution in [0.1, 0.15) is 11.3 Å². The lowest BCUT2D eigenvalue weighted by Gasteiger charge is -2.12. The smallest absolute Gasteiger partial charge is 0.255 e. The standard InChI is InChI=1S/C22H22N4O4/c23-22-24-17(7-6-15-3-1-4-16(13-15)18-5-2-12-30-18)14-21(29)26(22)11-10-25-19(27)8-9-20(25)28/h1-5,8-9,12-14,27-28H,6-7,10-11H2,(H2,23,24). The fourth-order valence-electron chi connectivity index (χ4n) is 3.40. The summed E-state index contributed by atoms with van der Waals surface area (Å²) in [5.41, 5.74) is 8.45. The van der Waals surface area contributed by atoms with Crippen LogP contribution in [0, 0.1) is 0 Å². The average Bonchev–Trinajstić information content (AvgIpc) is 3.37. The fraction of sp³-hybridized carbons (Fsp3) is 0.182. The summed E-state index contributed by atoms with van der Waals surface area (Å²) in [5.74, 6) is 0.746. The van der Waals surface area contributed by atoms with Gasteiger partial charge in [-0.2, -0.15) is 0 Å². The highest BCUT2D eigenvalue weighted by Crippen LogP contribution is 2.22. The molecule has 154 valence electrons. The molecule has 3 aromatic heterocycles. The van der Waals surface area contributed by atoms with Gasteiger partial charge in [-0.25, -0.2) is 4.98 Å². The van der Waals surface area contributed by atoms with Crippen molar-refractivity contribution in [2.24, 2.45) is 0 Å².